The molecular weight excluding hydrogens is 665 g/mol. The van der Waals surface area contributed by atoms with Gasteiger partial charge in [0.2, 0.25) is 5.88 Å². The van der Waals surface area contributed by atoms with Gasteiger partial charge in [-0.1, -0.05) is 23.7 Å². The van der Waals surface area contributed by atoms with Gasteiger partial charge in [-0.25, -0.2) is 19.2 Å². The summed E-state index contributed by atoms with van der Waals surface area (Å²) in [4.78, 5) is 22.4. The summed E-state index contributed by atoms with van der Waals surface area (Å²) in [5.41, 5.74) is 5.83. The summed E-state index contributed by atoms with van der Waals surface area (Å²) < 4.78 is 52.4. The number of aromatic nitrogens is 3. The van der Waals surface area contributed by atoms with Gasteiger partial charge in [-0.15, -0.1) is 0 Å². The minimum atomic E-state index is -0.496. The predicted molar refractivity (Wildman–Crippen MR) is 184 cm³/mol. The van der Waals surface area contributed by atoms with Crippen LogP contribution in [0, 0.1) is 5.82 Å². The van der Waals surface area contributed by atoms with Gasteiger partial charge in [-0.2, -0.15) is 0 Å². The maximum Gasteiger partial charge on any atom is 0.338 e. The Labute approximate surface area is 294 Å². The van der Waals surface area contributed by atoms with E-state index in [4.69, 9.17) is 45.0 Å². The van der Waals surface area contributed by atoms with Crippen LogP contribution < -0.4 is 9.47 Å². The fraction of sp³-hybridized carbons (Fsp3) is 0.342. The van der Waals surface area contributed by atoms with Crippen LogP contribution in [0.2, 0.25) is 5.02 Å². The first kappa shape index (κ1) is 33.9. The van der Waals surface area contributed by atoms with E-state index in [0.29, 0.717) is 96.1 Å². The van der Waals surface area contributed by atoms with Gasteiger partial charge in [0, 0.05) is 36.8 Å². The summed E-state index contributed by atoms with van der Waals surface area (Å²) in [6, 6.07) is 17.8. The Balaban J connectivity index is 1.30. The molecule has 0 spiro atoms. The van der Waals surface area contributed by atoms with Crippen molar-refractivity contribution in [2.75, 3.05) is 40.6 Å². The van der Waals surface area contributed by atoms with E-state index in [1.165, 1.54) is 7.11 Å². The smallest absolute Gasteiger partial charge is 0.338 e. The van der Waals surface area contributed by atoms with Gasteiger partial charge in [-0.05, 0) is 77.6 Å². The number of carbonyl (C=O) groups excluding carboxylic acids is 1. The SMILES string of the molecule is COCCOc1cc(C(=O)OC)cc2c1nc(Cc1cc(F)c3cc1CCOCc1cc(ccc1Cl)COc1cccc-3n1)n2CC1CCO1. The maximum atomic E-state index is 16.1. The maximum absolute atomic E-state index is 16.1. The van der Waals surface area contributed by atoms with E-state index in [1.807, 2.05) is 28.8 Å². The molecule has 2 aromatic heterocycles. The van der Waals surface area contributed by atoms with Gasteiger partial charge in [0.25, 0.3) is 0 Å². The predicted octanol–water partition coefficient (Wildman–Crippen LogP) is 6.73. The fourth-order valence-electron chi connectivity index (χ4n) is 6.21. The highest BCUT2D eigenvalue weighted by atomic mass is 35.5. The third-order valence-electron chi connectivity index (χ3n) is 8.95. The highest BCUT2D eigenvalue weighted by Crippen LogP contribution is 2.33. The summed E-state index contributed by atoms with van der Waals surface area (Å²) in [6.45, 7) is 2.76. The summed E-state index contributed by atoms with van der Waals surface area (Å²) in [5, 5.41) is 0.609. The highest BCUT2D eigenvalue weighted by Gasteiger charge is 2.26. The van der Waals surface area contributed by atoms with Gasteiger partial charge in [-0.3, -0.25) is 0 Å². The molecule has 0 amide bonds. The number of ether oxygens (including phenoxy) is 6. The lowest BCUT2D eigenvalue weighted by Gasteiger charge is -2.27. The van der Waals surface area contributed by atoms with Crippen LogP contribution in [0.5, 0.6) is 11.6 Å². The number of methoxy groups -OCH3 is 2. The van der Waals surface area contributed by atoms with Gasteiger partial charge in [0.1, 0.15) is 36.1 Å². The Hall–Kier alpha value is -4.55. The third-order valence-corrected chi connectivity index (χ3v) is 9.32. The summed E-state index contributed by atoms with van der Waals surface area (Å²) in [6.07, 6.45) is 1.66. The molecule has 0 aliphatic carbocycles. The Morgan fingerprint density at radius 1 is 1.02 bits per heavy atom. The monoisotopic (exact) mass is 701 g/mol. The average molecular weight is 702 g/mol. The van der Waals surface area contributed by atoms with Crippen LogP contribution in [0.1, 0.15) is 44.9 Å². The Bertz CT molecular complexity index is 2030. The number of carbonyl (C=O) groups is 1. The molecule has 7 rings (SSSR count). The van der Waals surface area contributed by atoms with Gasteiger partial charge in [0.05, 0.1) is 56.4 Å². The zero-order valence-corrected chi connectivity index (χ0v) is 28.6. The van der Waals surface area contributed by atoms with Crippen LogP contribution in [-0.4, -0.2) is 67.3 Å². The standard InChI is InChI=1S/C38H37ClFN3O7/c1-45-12-13-49-34-18-26(38(44)46-2)17-33-37(34)42-35(43(33)20-28-9-11-48-28)19-25-16-31(40)29-15-24(25)8-10-47-22-27-14-23(6-7-30(27)39)21-50-36-5-3-4-32(29)41-36/h3-7,14-18,28H,8-13,19-22H2,1-2H3. The lowest BCUT2D eigenvalue weighted by Crippen LogP contribution is -2.31. The number of fused-ring (bicyclic) bond motifs is 8. The minimum absolute atomic E-state index is 0.0219. The number of imidazole rings is 1. The van der Waals surface area contributed by atoms with E-state index in [9.17, 15) is 4.79 Å². The lowest BCUT2D eigenvalue weighted by molar-refractivity contribution is -0.0589. The Morgan fingerprint density at radius 3 is 2.70 bits per heavy atom. The number of esters is 1. The second-order valence-electron chi connectivity index (χ2n) is 12.3. The molecule has 12 heteroatoms. The molecule has 10 nitrogen and oxygen atoms in total. The van der Waals surface area contributed by atoms with Crippen LogP contribution in [0.4, 0.5) is 4.39 Å². The first-order valence-corrected chi connectivity index (χ1v) is 16.9. The molecule has 1 saturated heterocycles. The van der Waals surface area contributed by atoms with E-state index in [2.05, 4.69) is 4.98 Å². The summed E-state index contributed by atoms with van der Waals surface area (Å²) in [5.74, 6) is 0.573. The van der Waals surface area contributed by atoms with Crippen molar-refractivity contribution in [3.8, 4) is 22.9 Å². The molecule has 5 aromatic rings. The molecule has 0 N–H and O–H groups in total. The molecule has 0 saturated carbocycles. The van der Waals surface area contributed by atoms with Crippen molar-refractivity contribution in [1.82, 2.24) is 14.5 Å². The molecule has 4 heterocycles. The van der Waals surface area contributed by atoms with Crippen molar-refractivity contribution in [2.24, 2.45) is 0 Å². The highest BCUT2D eigenvalue weighted by molar-refractivity contribution is 6.31. The van der Waals surface area contributed by atoms with Crippen LogP contribution >= 0.6 is 11.6 Å². The van der Waals surface area contributed by atoms with E-state index in [1.54, 1.807) is 43.5 Å². The van der Waals surface area contributed by atoms with Crippen molar-refractivity contribution in [1.29, 1.82) is 0 Å². The number of rotatable bonds is 9. The van der Waals surface area contributed by atoms with Crippen molar-refractivity contribution in [2.45, 2.75) is 45.1 Å². The van der Waals surface area contributed by atoms with Crippen molar-refractivity contribution in [3.05, 3.63) is 105 Å². The fourth-order valence-corrected chi connectivity index (χ4v) is 6.38. The number of benzene rings is 3. The third kappa shape index (κ3) is 7.32. The first-order valence-electron chi connectivity index (χ1n) is 16.5. The number of nitrogens with zero attached hydrogens (tertiary/aromatic N) is 3. The van der Waals surface area contributed by atoms with Gasteiger partial charge >= 0.3 is 5.97 Å². The normalized spacial score (nSPS) is 15.8. The van der Waals surface area contributed by atoms with Crippen molar-refractivity contribution >= 4 is 28.6 Å². The molecule has 2 aliphatic heterocycles. The number of halogens is 2. The van der Waals surface area contributed by atoms with Crippen molar-refractivity contribution in [3.63, 3.8) is 0 Å². The molecule has 2 aliphatic rings. The minimum Gasteiger partial charge on any atom is -0.489 e. The summed E-state index contributed by atoms with van der Waals surface area (Å²) in [7, 11) is 2.93. The molecule has 1 fully saturated rings. The zero-order valence-electron chi connectivity index (χ0n) is 27.9. The van der Waals surface area contributed by atoms with E-state index < -0.39 is 11.8 Å². The number of hydrogen-bond acceptors (Lipinski definition) is 9. The number of hydrogen-bond donors (Lipinski definition) is 0. The topological polar surface area (TPSA) is 103 Å². The Kier molecular flexibility index (Phi) is 10.3. The second-order valence-corrected chi connectivity index (χ2v) is 12.7. The van der Waals surface area contributed by atoms with Crippen LogP contribution in [-0.2, 0) is 51.5 Å². The molecule has 50 heavy (non-hydrogen) atoms. The first-order chi connectivity index (χ1) is 24.4. The molecule has 3 aromatic carbocycles. The molecule has 260 valence electrons. The molecular formula is C38H37ClFN3O7. The average Bonchev–Trinajstić information content (AvgIpc) is 3.45. The lowest BCUT2D eigenvalue weighted by atomic mass is 9.96. The van der Waals surface area contributed by atoms with Crippen molar-refractivity contribution < 1.29 is 37.6 Å². The number of pyridine rings is 1. The zero-order chi connectivity index (χ0) is 34.6. The van der Waals surface area contributed by atoms with E-state index in [-0.39, 0.29) is 19.3 Å². The van der Waals surface area contributed by atoms with E-state index >= 15 is 4.39 Å². The molecule has 1 atom stereocenters. The largest absolute Gasteiger partial charge is 0.489 e. The molecule has 1 unspecified atom stereocenters. The Morgan fingerprint density at radius 2 is 1.90 bits per heavy atom. The quantitative estimate of drug-likeness (QED) is 0.122. The van der Waals surface area contributed by atoms with Crippen LogP contribution in [0.3, 0.4) is 0 Å². The van der Waals surface area contributed by atoms with E-state index in [0.717, 1.165) is 28.7 Å². The molecule has 0 radical (unpaired) electrons. The summed E-state index contributed by atoms with van der Waals surface area (Å²) >= 11 is 6.50. The van der Waals surface area contributed by atoms with Gasteiger partial charge in [0.15, 0.2) is 0 Å². The second kappa shape index (κ2) is 15.1. The molecule has 6 bridgehead atoms. The van der Waals surface area contributed by atoms with Gasteiger partial charge < -0.3 is 33.0 Å². The van der Waals surface area contributed by atoms with Crippen LogP contribution in [0.15, 0.2) is 60.7 Å². The van der Waals surface area contributed by atoms with Crippen LogP contribution in [0.25, 0.3) is 22.3 Å².